The summed E-state index contributed by atoms with van der Waals surface area (Å²) in [5.41, 5.74) is 0.894. The number of benzene rings is 2. The van der Waals surface area contributed by atoms with Crippen LogP contribution in [0.2, 0.25) is 0 Å². The van der Waals surface area contributed by atoms with Gasteiger partial charge in [0.1, 0.15) is 17.7 Å². The van der Waals surface area contributed by atoms with Gasteiger partial charge in [-0.05, 0) is 24.3 Å². The van der Waals surface area contributed by atoms with Gasteiger partial charge in [0, 0.05) is 42.2 Å². The summed E-state index contributed by atoms with van der Waals surface area (Å²) < 4.78 is 39.4. The number of ether oxygens (including phenoxy) is 2. The third-order valence-corrected chi connectivity index (χ3v) is 4.61. The molecule has 1 N–H and O–H groups in total. The number of carbonyl (C=O) groups is 1. The second kappa shape index (κ2) is 6.85. The Hall–Kier alpha value is -3.60. The van der Waals surface area contributed by atoms with Crippen LogP contribution in [0.1, 0.15) is 5.56 Å². The fourth-order valence-electron chi connectivity index (χ4n) is 3.28. The molecule has 1 amide bonds. The van der Waals surface area contributed by atoms with Crippen LogP contribution in [0, 0.1) is 18.2 Å². The van der Waals surface area contributed by atoms with Crippen molar-refractivity contribution in [2.45, 2.75) is 12.5 Å². The van der Waals surface area contributed by atoms with E-state index in [0.717, 1.165) is 11.5 Å². The number of hydrogen-bond acceptors (Lipinski definition) is 3. The quantitative estimate of drug-likeness (QED) is 0.660. The van der Waals surface area contributed by atoms with E-state index in [0.29, 0.717) is 17.6 Å². The number of amides is 1. The molecule has 1 aromatic heterocycles. The lowest BCUT2D eigenvalue weighted by Gasteiger charge is -2.16. The summed E-state index contributed by atoms with van der Waals surface area (Å²) in [4.78, 5) is 19.2. The van der Waals surface area contributed by atoms with Crippen LogP contribution in [0.4, 0.5) is 19.3 Å². The summed E-state index contributed by atoms with van der Waals surface area (Å²) in [6.45, 7) is 7.39. The third-order valence-electron chi connectivity index (χ3n) is 4.61. The van der Waals surface area contributed by atoms with E-state index >= 15 is 0 Å². The monoisotopic (exact) mass is 383 g/mol. The van der Waals surface area contributed by atoms with Gasteiger partial charge in [0.05, 0.1) is 13.1 Å². The molecule has 0 saturated carbocycles. The van der Waals surface area contributed by atoms with Gasteiger partial charge in [-0.3, -0.25) is 0 Å². The molecule has 28 heavy (non-hydrogen) atoms. The number of halogens is 2. The van der Waals surface area contributed by atoms with Crippen LogP contribution in [-0.4, -0.2) is 35.7 Å². The minimum atomic E-state index is -0.676. The Bertz CT molecular complexity index is 1120. The van der Waals surface area contributed by atoms with E-state index in [4.69, 9.17) is 16.0 Å². The molecule has 2 aromatic carbocycles. The highest BCUT2D eigenvalue weighted by Gasteiger charge is 2.30. The number of H-pyrrole nitrogens is 1. The zero-order valence-corrected chi connectivity index (χ0v) is 14.8. The van der Waals surface area contributed by atoms with Crippen LogP contribution in [0.15, 0.2) is 36.5 Å². The van der Waals surface area contributed by atoms with Gasteiger partial charge < -0.3 is 19.4 Å². The van der Waals surface area contributed by atoms with Gasteiger partial charge in [-0.1, -0.05) is 0 Å². The highest BCUT2D eigenvalue weighted by molar-refractivity contribution is 5.86. The van der Waals surface area contributed by atoms with Crippen molar-refractivity contribution in [3.05, 3.63) is 65.1 Å². The Kier molecular flexibility index (Phi) is 4.35. The Morgan fingerprint density at radius 3 is 2.86 bits per heavy atom. The Morgan fingerprint density at radius 1 is 1.32 bits per heavy atom. The maximum atomic E-state index is 14.8. The fraction of sp³-hybridized carbons (Fsp3) is 0.200. The number of hydrogen-bond donors (Lipinski definition) is 1. The van der Waals surface area contributed by atoms with E-state index in [2.05, 4.69) is 9.83 Å². The molecule has 1 fully saturated rings. The number of nitrogens with one attached hydrogen (secondary N) is 1. The van der Waals surface area contributed by atoms with Crippen molar-refractivity contribution in [3.8, 4) is 11.5 Å². The second-order valence-corrected chi connectivity index (χ2v) is 6.52. The van der Waals surface area contributed by atoms with E-state index in [1.165, 1.54) is 23.1 Å². The number of aromatic nitrogens is 1. The van der Waals surface area contributed by atoms with Gasteiger partial charge in [-0.25, -0.2) is 18.4 Å². The first-order valence-electron chi connectivity index (χ1n) is 8.51. The largest absolute Gasteiger partial charge is 0.455 e. The first kappa shape index (κ1) is 17.8. The van der Waals surface area contributed by atoms with E-state index in [1.807, 2.05) is 0 Å². The van der Waals surface area contributed by atoms with Crippen molar-refractivity contribution in [2.24, 2.45) is 0 Å². The number of rotatable bonds is 4. The van der Waals surface area contributed by atoms with E-state index < -0.39 is 23.8 Å². The molecule has 1 aliphatic rings. The molecule has 1 unspecified atom stereocenters. The lowest BCUT2D eigenvalue weighted by molar-refractivity contribution is 0.134. The normalized spacial score (nSPS) is 16.3. The van der Waals surface area contributed by atoms with Gasteiger partial charge in [0.15, 0.2) is 11.6 Å². The predicted molar refractivity (Wildman–Crippen MR) is 97.6 cm³/mol. The van der Waals surface area contributed by atoms with E-state index in [-0.39, 0.29) is 23.6 Å². The van der Waals surface area contributed by atoms with E-state index in [1.54, 1.807) is 19.3 Å². The van der Waals surface area contributed by atoms with Crippen LogP contribution in [0.3, 0.4) is 0 Å². The summed E-state index contributed by atoms with van der Waals surface area (Å²) >= 11 is 0. The zero-order chi connectivity index (χ0) is 19.8. The zero-order valence-electron chi connectivity index (χ0n) is 14.8. The van der Waals surface area contributed by atoms with Gasteiger partial charge in [-0.2, -0.15) is 0 Å². The van der Waals surface area contributed by atoms with Crippen LogP contribution in [0.25, 0.3) is 15.7 Å². The smallest absolute Gasteiger partial charge is 0.409 e. The molecule has 0 spiro atoms. The first-order chi connectivity index (χ1) is 13.5. The molecule has 3 aromatic rings. The molecule has 1 aliphatic heterocycles. The SMILES string of the molecule is [C-]#[N+]c1cc(Oc2c(F)cc3[nH]ccc3c2CC2CN(C)C(=O)O2)ccc1F. The molecule has 2 heterocycles. The van der Waals surface area contributed by atoms with Gasteiger partial charge >= 0.3 is 6.09 Å². The summed E-state index contributed by atoms with van der Waals surface area (Å²) in [6.07, 6.45) is 1.04. The molecule has 0 bridgehead atoms. The maximum Gasteiger partial charge on any atom is 0.409 e. The number of fused-ring (bicyclic) bond motifs is 1. The third kappa shape index (κ3) is 3.11. The Morgan fingerprint density at radius 2 is 2.14 bits per heavy atom. The standard InChI is InChI=1S/C20H15F2N3O3/c1-23-18-8-11(3-4-15(18)21)27-19-14(7-12-10-25(2)20(26)28-12)13-5-6-24-17(13)9-16(19)22/h3-6,8-9,12,24H,7,10H2,2H3. The minimum Gasteiger partial charge on any atom is -0.455 e. The summed E-state index contributed by atoms with van der Waals surface area (Å²) in [6, 6.07) is 6.74. The van der Waals surface area contributed by atoms with Crippen LogP contribution < -0.4 is 4.74 Å². The Balaban J connectivity index is 1.76. The molecular formula is C20H15F2N3O3. The van der Waals surface area contributed by atoms with Gasteiger partial charge in [-0.15, -0.1) is 0 Å². The number of likely N-dealkylation sites (N-methyl/N-ethyl adjacent to an activating group) is 1. The van der Waals surface area contributed by atoms with Crippen molar-refractivity contribution in [1.82, 2.24) is 9.88 Å². The topological polar surface area (TPSA) is 58.9 Å². The lowest BCUT2D eigenvalue weighted by Crippen LogP contribution is -2.20. The molecule has 0 radical (unpaired) electrons. The fourth-order valence-corrected chi connectivity index (χ4v) is 3.28. The van der Waals surface area contributed by atoms with Crippen LogP contribution in [-0.2, 0) is 11.2 Å². The highest BCUT2D eigenvalue weighted by Crippen LogP contribution is 2.37. The number of aromatic amines is 1. The predicted octanol–water partition coefficient (Wildman–Crippen LogP) is 4.78. The molecule has 6 nitrogen and oxygen atoms in total. The molecule has 1 atom stereocenters. The molecule has 0 aliphatic carbocycles. The summed E-state index contributed by atoms with van der Waals surface area (Å²) in [7, 11) is 1.63. The highest BCUT2D eigenvalue weighted by atomic mass is 19.1. The first-order valence-corrected chi connectivity index (χ1v) is 8.51. The van der Waals surface area contributed by atoms with E-state index in [9.17, 15) is 13.6 Å². The lowest BCUT2D eigenvalue weighted by atomic mass is 10.0. The van der Waals surface area contributed by atoms with Gasteiger partial charge in [0.2, 0.25) is 5.69 Å². The van der Waals surface area contributed by atoms with Crippen molar-refractivity contribution in [3.63, 3.8) is 0 Å². The van der Waals surface area contributed by atoms with Crippen LogP contribution in [0.5, 0.6) is 11.5 Å². The number of carbonyl (C=O) groups excluding carboxylic acids is 1. The van der Waals surface area contributed by atoms with Crippen molar-refractivity contribution >= 4 is 22.7 Å². The summed E-state index contributed by atoms with van der Waals surface area (Å²) in [5, 5.41) is 0.731. The maximum absolute atomic E-state index is 14.8. The molecular weight excluding hydrogens is 368 g/mol. The number of cyclic esters (lactones) is 1. The number of nitrogens with zero attached hydrogens (tertiary/aromatic N) is 2. The Labute approximate surface area is 159 Å². The molecule has 1 saturated heterocycles. The second-order valence-electron chi connectivity index (χ2n) is 6.52. The van der Waals surface area contributed by atoms with Crippen LogP contribution >= 0.6 is 0 Å². The van der Waals surface area contributed by atoms with Crippen molar-refractivity contribution in [2.75, 3.05) is 13.6 Å². The van der Waals surface area contributed by atoms with Gasteiger partial charge in [0.25, 0.3) is 0 Å². The average Bonchev–Trinajstić information content (AvgIpc) is 3.25. The molecule has 142 valence electrons. The molecule has 4 rings (SSSR count). The minimum absolute atomic E-state index is 0.0414. The van der Waals surface area contributed by atoms with Crippen molar-refractivity contribution in [1.29, 1.82) is 0 Å². The average molecular weight is 383 g/mol. The molecule has 8 heteroatoms. The van der Waals surface area contributed by atoms with Crippen molar-refractivity contribution < 1.29 is 23.0 Å². The summed E-state index contributed by atoms with van der Waals surface area (Å²) in [5.74, 6) is -1.19.